The molecule has 4 aliphatic rings. The molecule has 0 aromatic rings. The molecule has 0 radical (unpaired) electrons. The predicted molar refractivity (Wildman–Crippen MR) is 61.4 cm³/mol. The molecule has 0 aromatic carbocycles. The Morgan fingerprint density at radius 1 is 1.17 bits per heavy atom. The predicted octanol–water partition coefficient (Wildman–Crippen LogP) is 1.43. The van der Waals surface area contributed by atoms with E-state index >= 15 is 0 Å². The first kappa shape index (κ1) is 13.9. The number of halogens is 4. The molecule has 4 fully saturated rings. The zero-order valence-corrected chi connectivity index (χ0v) is 10.6. The summed E-state index contributed by atoms with van der Waals surface area (Å²) < 4.78 is 37.5. The van der Waals surface area contributed by atoms with E-state index in [1.165, 1.54) is 0 Å². The molecule has 0 aromatic heterocycles. The Bertz CT molecular complexity index is 350. The molecule has 1 N–H and O–H groups in total. The van der Waals surface area contributed by atoms with Crippen molar-refractivity contribution in [2.75, 3.05) is 19.6 Å². The number of piperidine rings is 2. The van der Waals surface area contributed by atoms with Gasteiger partial charge in [0.2, 0.25) is 0 Å². The van der Waals surface area contributed by atoms with E-state index < -0.39 is 12.1 Å². The van der Waals surface area contributed by atoms with Crippen molar-refractivity contribution >= 4 is 18.3 Å². The number of fused-ring (bicyclic) bond motifs is 2. The van der Waals surface area contributed by atoms with Gasteiger partial charge in [-0.2, -0.15) is 13.2 Å². The van der Waals surface area contributed by atoms with E-state index in [4.69, 9.17) is 0 Å². The van der Waals surface area contributed by atoms with Crippen molar-refractivity contribution in [3.63, 3.8) is 0 Å². The van der Waals surface area contributed by atoms with Crippen molar-refractivity contribution in [1.82, 2.24) is 10.2 Å². The van der Waals surface area contributed by atoms with Gasteiger partial charge in [0.1, 0.15) is 0 Å². The van der Waals surface area contributed by atoms with E-state index in [1.807, 2.05) is 0 Å². The zero-order chi connectivity index (χ0) is 12.2. The van der Waals surface area contributed by atoms with Gasteiger partial charge in [-0.3, -0.25) is 4.79 Å². The molecular weight excluding hydrogens is 269 g/mol. The molecule has 4 unspecified atom stereocenters. The van der Waals surface area contributed by atoms with Gasteiger partial charge in [0.05, 0.1) is 0 Å². The average Bonchev–Trinajstić information content (AvgIpc) is 2.77. The average molecular weight is 285 g/mol. The highest BCUT2D eigenvalue weighted by Gasteiger charge is 2.54. The maximum atomic E-state index is 12.5. The van der Waals surface area contributed by atoms with E-state index in [9.17, 15) is 18.0 Å². The normalized spacial score (nSPS) is 38.3. The van der Waals surface area contributed by atoms with E-state index in [1.54, 1.807) is 0 Å². The second kappa shape index (κ2) is 4.56. The number of rotatable bonds is 0. The van der Waals surface area contributed by atoms with E-state index in [-0.39, 0.29) is 30.3 Å². The van der Waals surface area contributed by atoms with Crippen LogP contribution >= 0.6 is 12.4 Å². The number of carbonyl (C=O) groups excluding carboxylic acids is 1. The molecule has 104 valence electrons. The summed E-state index contributed by atoms with van der Waals surface area (Å²) in [5, 5.41) is 3.24. The Kier molecular flexibility index (Phi) is 3.53. The zero-order valence-electron chi connectivity index (χ0n) is 9.74. The lowest BCUT2D eigenvalue weighted by Gasteiger charge is -2.52. The Balaban J connectivity index is 0.00000120. The molecule has 3 saturated heterocycles. The molecule has 1 aliphatic carbocycles. The Labute approximate surface area is 109 Å². The first-order valence-electron chi connectivity index (χ1n) is 6.07. The molecule has 4 rings (SSSR count). The standard InChI is InChI=1S/C11H15F3N2O.ClH/c12-11(13,14)10(17)16-5-6-1-2-9(16)8-4-15-3-7(6)8;/h6-9,15H,1-5H2;1H. The molecule has 1 amide bonds. The van der Waals surface area contributed by atoms with Crippen LogP contribution in [0.1, 0.15) is 12.8 Å². The Morgan fingerprint density at radius 3 is 2.50 bits per heavy atom. The number of hydrogen-bond donors (Lipinski definition) is 1. The molecule has 3 heterocycles. The summed E-state index contributed by atoms with van der Waals surface area (Å²) in [5.74, 6) is -0.677. The van der Waals surface area contributed by atoms with Crippen LogP contribution < -0.4 is 5.32 Å². The summed E-state index contributed by atoms with van der Waals surface area (Å²) in [6.07, 6.45) is -3.02. The number of alkyl halides is 3. The van der Waals surface area contributed by atoms with Gasteiger partial charge in [0, 0.05) is 19.1 Å². The van der Waals surface area contributed by atoms with Gasteiger partial charge in [-0.1, -0.05) is 0 Å². The molecular formula is C11H16ClF3N2O. The number of amides is 1. The number of nitrogens with one attached hydrogen (secondary N) is 1. The molecule has 3 aliphatic heterocycles. The minimum Gasteiger partial charge on any atom is -0.331 e. The summed E-state index contributed by atoms with van der Waals surface area (Å²) in [4.78, 5) is 12.5. The first-order chi connectivity index (χ1) is 7.98. The highest BCUT2D eigenvalue weighted by Crippen LogP contribution is 2.45. The van der Waals surface area contributed by atoms with Gasteiger partial charge < -0.3 is 10.2 Å². The van der Waals surface area contributed by atoms with Crippen molar-refractivity contribution in [1.29, 1.82) is 0 Å². The smallest absolute Gasteiger partial charge is 0.331 e. The van der Waals surface area contributed by atoms with Gasteiger partial charge in [0.15, 0.2) is 0 Å². The monoisotopic (exact) mass is 284 g/mol. The van der Waals surface area contributed by atoms with Crippen molar-refractivity contribution in [2.24, 2.45) is 17.8 Å². The largest absolute Gasteiger partial charge is 0.471 e. The van der Waals surface area contributed by atoms with Crippen molar-refractivity contribution in [2.45, 2.75) is 25.1 Å². The minimum absolute atomic E-state index is 0. The molecule has 2 bridgehead atoms. The highest BCUT2D eigenvalue weighted by molar-refractivity contribution is 5.85. The van der Waals surface area contributed by atoms with Gasteiger partial charge in [-0.05, 0) is 37.1 Å². The van der Waals surface area contributed by atoms with Gasteiger partial charge in [0.25, 0.3) is 0 Å². The summed E-state index contributed by atoms with van der Waals surface area (Å²) in [6, 6.07) is -0.200. The van der Waals surface area contributed by atoms with Crippen LogP contribution in [-0.4, -0.2) is 42.7 Å². The molecule has 4 atom stereocenters. The van der Waals surface area contributed by atoms with Crippen LogP contribution in [0, 0.1) is 17.8 Å². The van der Waals surface area contributed by atoms with Gasteiger partial charge in [-0.15, -0.1) is 12.4 Å². The van der Waals surface area contributed by atoms with Crippen LogP contribution in [-0.2, 0) is 4.79 Å². The van der Waals surface area contributed by atoms with Crippen LogP contribution in [0.2, 0.25) is 0 Å². The summed E-state index contributed by atoms with van der Waals surface area (Å²) in [7, 11) is 0. The highest BCUT2D eigenvalue weighted by atomic mass is 35.5. The maximum Gasteiger partial charge on any atom is 0.471 e. The van der Waals surface area contributed by atoms with Crippen molar-refractivity contribution < 1.29 is 18.0 Å². The van der Waals surface area contributed by atoms with E-state index in [0.717, 1.165) is 30.8 Å². The van der Waals surface area contributed by atoms with Crippen LogP contribution in [0.25, 0.3) is 0 Å². The van der Waals surface area contributed by atoms with Crippen molar-refractivity contribution in [3.8, 4) is 0 Å². The van der Waals surface area contributed by atoms with Crippen molar-refractivity contribution in [3.05, 3.63) is 0 Å². The lowest BCUT2D eigenvalue weighted by molar-refractivity contribution is -0.196. The quantitative estimate of drug-likeness (QED) is 0.730. The molecule has 3 nitrogen and oxygen atoms in total. The number of hydrogen-bond acceptors (Lipinski definition) is 2. The first-order valence-corrected chi connectivity index (χ1v) is 6.07. The van der Waals surface area contributed by atoms with E-state index in [0.29, 0.717) is 12.5 Å². The second-order valence-corrected chi connectivity index (χ2v) is 5.35. The minimum atomic E-state index is -4.72. The molecule has 0 spiro atoms. The van der Waals surface area contributed by atoms with Crippen LogP contribution in [0.5, 0.6) is 0 Å². The fourth-order valence-electron chi connectivity index (χ4n) is 3.87. The topological polar surface area (TPSA) is 32.3 Å². The molecule has 18 heavy (non-hydrogen) atoms. The summed E-state index contributed by atoms with van der Waals surface area (Å²) >= 11 is 0. The third-order valence-electron chi connectivity index (χ3n) is 4.58. The second-order valence-electron chi connectivity index (χ2n) is 5.35. The molecule has 1 saturated carbocycles. The van der Waals surface area contributed by atoms with E-state index in [2.05, 4.69) is 5.32 Å². The third-order valence-corrected chi connectivity index (χ3v) is 4.58. The lowest BCUT2D eigenvalue weighted by Crippen LogP contribution is -2.61. The lowest BCUT2D eigenvalue weighted by atomic mass is 9.66. The molecule has 7 heteroatoms. The van der Waals surface area contributed by atoms with Gasteiger partial charge >= 0.3 is 12.1 Å². The number of carbonyl (C=O) groups is 1. The fourth-order valence-corrected chi connectivity index (χ4v) is 3.87. The summed E-state index contributed by atoms with van der Waals surface area (Å²) in [6.45, 7) is 1.96. The van der Waals surface area contributed by atoms with Crippen LogP contribution in [0.15, 0.2) is 0 Å². The maximum absolute atomic E-state index is 12.5. The Hall–Kier alpha value is -0.490. The third kappa shape index (κ3) is 1.99. The van der Waals surface area contributed by atoms with Gasteiger partial charge in [-0.25, -0.2) is 0 Å². The number of nitrogens with zero attached hydrogens (tertiary/aromatic N) is 1. The SMILES string of the molecule is Cl.O=C(N1CC2CCC1C1CNCC21)C(F)(F)F. The van der Waals surface area contributed by atoms with Crippen LogP contribution in [0.4, 0.5) is 13.2 Å². The fraction of sp³-hybridized carbons (Fsp3) is 0.909. The van der Waals surface area contributed by atoms with Crippen LogP contribution in [0.3, 0.4) is 0 Å². The Morgan fingerprint density at radius 2 is 1.83 bits per heavy atom. The summed E-state index contributed by atoms with van der Waals surface area (Å²) in [5.41, 5.74) is 0.